The van der Waals surface area contributed by atoms with Crippen molar-refractivity contribution in [2.24, 2.45) is 0 Å². The molecule has 1 heterocycles. The Balaban J connectivity index is 1.99. The highest BCUT2D eigenvalue weighted by Gasteiger charge is 2.04. The summed E-state index contributed by atoms with van der Waals surface area (Å²) in [5.41, 5.74) is 1.11. The zero-order valence-electron chi connectivity index (χ0n) is 9.64. The average molecular weight is 225 g/mol. The lowest BCUT2D eigenvalue weighted by Gasteiger charge is -2.05. The highest BCUT2D eigenvalue weighted by Crippen LogP contribution is 1.99. The molecular weight excluding hydrogens is 206 g/mol. The first-order valence-electron chi connectivity index (χ1n) is 5.61. The van der Waals surface area contributed by atoms with Gasteiger partial charge in [-0.25, -0.2) is 0 Å². The molecule has 5 heteroatoms. The molecule has 0 unspecified atom stereocenters. The summed E-state index contributed by atoms with van der Waals surface area (Å²) in [5.74, 6) is 0.159. The van der Waals surface area contributed by atoms with Crippen molar-refractivity contribution < 1.29 is 9.59 Å². The van der Waals surface area contributed by atoms with Crippen LogP contribution in [-0.2, 0) is 9.59 Å². The molecule has 0 aromatic rings. The predicted octanol–water partition coefficient (Wildman–Crippen LogP) is 0.244. The third-order valence-electron chi connectivity index (χ3n) is 2.34. The number of hydrogen-bond donors (Lipinski definition) is 3. The molecule has 1 rings (SSSR count). The van der Waals surface area contributed by atoms with Gasteiger partial charge in [0.1, 0.15) is 5.78 Å². The second kappa shape index (κ2) is 6.87. The molecule has 0 aromatic carbocycles. The maximum Gasteiger partial charge on any atom is 0.220 e. The fourth-order valence-corrected chi connectivity index (χ4v) is 1.47. The molecule has 0 radical (unpaired) electrons. The van der Waals surface area contributed by atoms with Crippen molar-refractivity contribution in [2.45, 2.75) is 32.6 Å². The van der Waals surface area contributed by atoms with Crippen LogP contribution in [-0.4, -0.2) is 24.9 Å². The van der Waals surface area contributed by atoms with Crippen LogP contribution in [0, 0.1) is 0 Å². The van der Waals surface area contributed by atoms with E-state index in [2.05, 4.69) is 16.0 Å². The summed E-state index contributed by atoms with van der Waals surface area (Å²) in [6.45, 7) is 2.95. The Kier molecular flexibility index (Phi) is 5.39. The monoisotopic (exact) mass is 225 g/mol. The lowest BCUT2D eigenvalue weighted by Crippen LogP contribution is -2.25. The highest BCUT2D eigenvalue weighted by atomic mass is 16.1. The number of carbonyl (C=O) groups excluding carboxylic acids is 2. The van der Waals surface area contributed by atoms with Gasteiger partial charge in [-0.05, 0) is 13.3 Å². The van der Waals surface area contributed by atoms with Crippen molar-refractivity contribution in [2.75, 3.05) is 13.2 Å². The molecule has 1 aliphatic heterocycles. The number of rotatable bonds is 7. The van der Waals surface area contributed by atoms with Crippen LogP contribution in [0.5, 0.6) is 0 Å². The van der Waals surface area contributed by atoms with Crippen LogP contribution < -0.4 is 16.0 Å². The van der Waals surface area contributed by atoms with Crippen LogP contribution in [0.15, 0.2) is 11.9 Å². The van der Waals surface area contributed by atoms with E-state index in [-0.39, 0.29) is 11.7 Å². The third-order valence-corrected chi connectivity index (χ3v) is 2.34. The van der Waals surface area contributed by atoms with Gasteiger partial charge in [0.25, 0.3) is 0 Å². The molecule has 5 nitrogen and oxygen atoms in total. The summed E-state index contributed by atoms with van der Waals surface area (Å²) in [5, 5.41) is 9.00. The average Bonchev–Trinajstić information content (AvgIpc) is 2.70. The second-order valence-corrected chi connectivity index (χ2v) is 3.88. The van der Waals surface area contributed by atoms with Gasteiger partial charge in [0, 0.05) is 37.7 Å². The van der Waals surface area contributed by atoms with Gasteiger partial charge < -0.3 is 20.7 Å². The SMILES string of the molecule is CC(=O)CCCC(=O)NCCC1=CNCN1. The van der Waals surface area contributed by atoms with E-state index in [0.29, 0.717) is 25.8 Å². The Morgan fingerprint density at radius 3 is 2.88 bits per heavy atom. The summed E-state index contributed by atoms with van der Waals surface area (Å²) in [6, 6.07) is 0. The summed E-state index contributed by atoms with van der Waals surface area (Å²) < 4.78 is 0. The molecule has 1 amide bonds. The number of hydrogen-bond acceptors (Lipinski definition) is 4. The van der Waals surface area contributed by atoms with E-state index < -0.39 is 0 Å². The van der Waals surface area contributed by atoms with Crippen LogP contribution in [0.4, 0.5) is 0 Å². The van der Waals surface area contributed by atoms with Gasteiger partial charge >= 0.3 is 0 Å². The van der Waals surface area contributed by atoms with Gasteiger partial charge in [-0.15, -0.1) is 0 Å². The van der Waals surface area contributed by atoms with E-state index in [1.807, 2.05) is 6.20 Å². The van der Waals surface area contributed by atoms with Crippen molar-refractivity contribution in [1.82, 2.24) is 16.0 Å². The van der Waals surface area contributed by atoms with Gasteiger partial charge in [-0.3, -0.25) is 4.79 Å². The molecule has 0 aromatic heterocycles. The number of Topliss-reactive ketones (excluding diaryl/α,β-unsaturated/α-hetero) is 1. The largest absolute Gasteiger partial charge is 0.372 e. The summed E-state index contributed by atoms with van der Waals surface area (Å²) in [6.07, 6.45) is 4.30. The van der Waals surface area contributed by atoms with Crippen molar-refractivity contribution in [3.8, 4) is 0 Å². The summed E-state index contributed by atoms with van der Waals surface area (Å²) in [4.78, 5) is 22.0. The molecule has 0 atom stereocenters. The number of amides is 1. The van der Waals surface area contributed by atoms with E-state index >= 15 is 0 Å². The minimum atomic E-state index is 0.0211. The van der Waals surface area contributed by atoms with Gasteiger partial charge in [-0.2, -0.15) is 0 Å². The van der Waals surface area contributed by atoms with E-state index in [0.717, 1.165) is 18.8 Å². The smallest absolute Gasteiger partial charge is 0.220 e. The van der Waals surface area contributed by atoms with Crippen molar-refractivity contribution in [3.05, 3.63) is 11.9 Å². The molecule has 1 aliphatic rings. The predicted molar refractivity (Wildman–Crippen MR) is 61.4 cm³/mol. The van der Waals surface area contributed by atoms with Gasteiger partial charge in [0.2, 0.25) is 5.91 Å². The molecule has 3 N–H and O–H groups in total. The maximum atomic E-state index is 11.3. The van der Waals surface area contributed by atoms with Crippen LogP contribution in [0.2, 0.25) is 0 Å². The molecule has 0 aliphatic carbocycles. The standard InChI is InChI=1S/C11H19N3O2/c1-9(15)3-2-4-11(16)13-6-5-10-7-12-8-14-10/h7,12,14H,2-6,8H2,1H3,(H,13,16). The Morgan fingerprint density at radius 2 is 2.25 bits per heavy atom. The van der Waals surface area contributed by atoms with Crippen LogP contribution in [0.25, 0.3) is 0 Å². The van der Waals surface area contributed by atoms with Crippen molar-refractivity contribution in [3.63, 3.8) is 0 Å². The lowest BCUT2D eigenvalue weighted by molar-refractivity contribution is -0.121. The first kappa shape index (κ1) is 12.5. The van der Waals surface area contributed by atoms with Crippen LogP contribution in [0.1, 0.15) is 32.6 Å². The molecule has 90 valence electrons. The molecule has 16 heavy (non-hydrogen) atoms. The Hall–Kier alpha value is -1.52. The number of ketones is 1. The molecule has 0 fully saturated rings. The lowest BCUT2D eigenvalue weighted by atomic mass is 10.2. The first-order valence-corrected chi connectivity index (χ1v) is 5.61. The fraction of sp³-hybridized carbons (Fsp3) is 0.636. The third kappa shape index (κ3) is 5.38. The van der Waals surface area contributed by atoms with Gasteiger partial charge in [0.15, 0.2) is 0 Å². The quantitative estimate of drug-likeness (QED) is 0.580. The molecule has 0 saturated carbocycles. The van der Waals surface area contributed by atoms with E-state index in [1.165, 1.54) is 0 Å². The summed E-state index contributed by atoms with van der Waals surface area (Å²) >= 11 is 0. The number of carbonyl (C=O) groups is 2. The zero-order valence-corrected chi connectivity index (χ0v) is 9.64. The molecule has 0 spiro atoms. The van der Waals surface area contributed by atoms with Crippen molar-refractivity contribution >= 4 is 11.7 Å². The normalized spacial score (nSPS) is 13.7. The van der Waals surface area contributed by atoms with E-state index in [4.69, 9.17) is 0 Å². The topological polar surface area (TPSA) is 70.2 Å². The first-order chi connectivity index (χ1) is 7.68. The van der Waals surface area contributed by atoms with E-state index in [1.54, 1.807) is 6.92 Å². The Labute approximate surface area is 95.7 Å². The molecular formula is C11H19N3O2. The number of nitrogens with one attached hydrogen (secondary N) is 3. The minimum absolute atomic E-state index is 0.0211. The minimum Gasteiger partial charge on any atom is -0.372 e. The van der Waals surface area contributed by atoms with Crippen LogP contribution >= 0.6 is 0 Å². The van der Waals surface area contributed by atoms with Gasteiger partial charge in [0.05, 0.1) is 6.67 Å². The van der Waals surface area contributed by atoms with Crippen molar-refractivity contribution in [1.29, 1.82) is 0 Å². The molecule has 0 saturated heterocycles. The highest BCUT2D eigenvalue weighted by molar-refractivity contribution is 5.78. The fourth-order valence-electron chi connectivity index (χ4n) is 1.47. The molecule has 0 bridgehead atoms. The maximum absolute atomic E-state index is 11.3. The summed E-state index contributed by atoms with van der Waals surface area (Å²) in [7, 11) is 0. The Morgan fingerprint density at radius 1 is 1.44 bits per heavy atom. The second-order valence-electron chi connectivity index (χ2n) is 3.88. The Bertz CT molecular complexity index is 287. The zero-order chi connectivity index (χ0) is 11.8. The van der Waals surface area contributed by atoms with Gasteiger partial charge in [-0.1, -0.05) is 0 Å². The van der Waals surface area contributed by atoms with Crippen LogP contribution in [0.3, 0.4) is 0 Å². The van der Waals surface area contributed by atoms with E-state index in [9.17, 15) is 9.59 Å².